The van der Waals surface area contributed by atoms with Gasteiger partial charge in [0.05, 0.1) is 0 Å². The number of likely N-dealkylation sites (N-methyl/N-ethyl adjacent to an activating group) is 1. The summed E-state index contributed by atoms with van der Waals surface area (Å²) in [6, 6.07) is 4.24. The molecule has 0 spiro atoms. The molecule has 0 amide bonds. The van der Waals surface area contributed by atoms with Gasteiger partial charge in [-0.3, -0.25) is 4.98 Å². The number of rotatable bonds is 2. The number of pyridine rings is 1. The molecule has 2 nitrogen and oxygen atoms in total. The highest BCUT2D eigenvalue weighted by molar-refractivity contribution is 5.29. The molecule has 0 bridgehead atoms. The normalized spacial score (nSPS) is 20.9. The van der Waals surface area contributed by atoms with Crippen LogP contribution in [0.15, 0.2) is 18.3 Å². The molecule has 1 aliphatic rings. The van der Waals surface area contributed by atoms with E-state index in [1.807, 2.05) is 19.3 Å². The number of aryl methyl sites for hydroxylation is 1. The van der Waals surface area contributed by atoms with Gasteiger partial charge in [0.25, 0.3) is 0 Å². The van der Waals surface area contributed by atoms with Crippen molar-refractivity contribution in [2.45, 2.75) is 18.8 Å². The molecule has 2 rings (SSSR count). The maximum atomic E-state index is 4.36. The van der Waals surface area contributed by atoms with Crippen LogP contribution in [0.5, 0.6) is 0 Å². The van der Waals surface area contributed by atoms with Crippen LogP contribution in [0.2, 0.25) is 0 Å². The molecule has 1 heterocycles. The number of nitrogens with zero attached hydrogens (tertiary/aromatic N) is 1. The Morgan fingerprint density at radius 2 is 2.58 bits per heavy atom. The Hall–Kier alpha value is -0.890. The lowest BCUT2D eigenvalue weighted by Gasteiger charge is -2.08. The number of hydrogen-bond acceptors (Lipinski definition) is 2. The van der Waals surface area contributed by atoms with E-state index in [2.05, 4.69) is 16.4 Å². The fraction of sp³-hybridized carbons (Fsp3) is 0.500. The first-order chi connectivity index (χ1) is 5.92. The third kappa shape index (κ3) is 1.23. The molecule has 2 heteroatoms. The Balaban J connectivity index is 2.24. The van der Waals surface area contributed by atoms with E-state index < -0.39 is 0 Å². The maximum Gasteiger partial charge on any atom is 0.0439 e. The standard InChI is InChI=1S/C10H14N2/c1-11-7-8-4-5-10-9(8)3-2-6-12-10/h2-3,6,8,11H,4-5,7H2,1H3. The summed E-state index contributed by atoms with van der Waals surface area (Å²) < 4.78 is 0. The fourth-order valence-corrected chi connectivity index (χ4v) is 1.96. The van der Waals surface area contributed by atoms with E-state index in [0.29, 0.717) is 5.92 Å². The summed E-state index contributed by atoms with van der Waals surface area (Å²) in [5, 5.41) is 3.22. The first kappa shape index (κ1) is 7.74. The minimum Gasteiger partial charge on any atom is -0.319 e. The van der Waals surface area contributed by atoms with Gasteiger partial charge < -0.3 is 5.32 Å². The van der Waals surface area contributed by atoms with E-state index in [1.54, 1.807) is 0 Å². The Labute approximate surface area is 73.0 Å². The summed E-state index contributed by atoms with van der Waals surface area (Å²) in [6.45, 7) is 1.08. The van der Waals surface area contributed by atoms with Gasteiger partial charge in [0.1, 0.15) is 0 Å². The summed E-state index contributed by atoms with van der Waals surface area (Å²) in [5.74, 6) is 0.693. The molecule has 0 fully saturated rings. The number of fused-ring (bicyclic) bond motifs is 1. The van der Waals surface area contributed by atoms with E-state index in [1.165, 1.54) is 17.7 Å². The van der Waals surface area contributed by atoms with Crippen LogP contribution in [-0.4, -0.2) is 18.6 Å². The summed E-state index contributed by atoms with van der Waals surface area (Å²) >= 11 is 0. The molecule has 64 valence electrons. The Kier molecular flexibility index (Phi) is 2.09. The maximum absolute atomic E-state index is 4.36. The molecule has 1 N–H and O–H groups in total. The van der Waals surface area contributed by atoms with Crippen LogP contribution in [0.3, 0.4) is 0 Å². The molecule has 1 aromatic heterocycles. The third-order valence-electron chi connectivity index (χ3n) is 2.55. The molecular formula is C10H14N2. The van der Waals surface area contributed by atoms with Gasteiger partial charge in [-0.15, -0.1) is 0 Å². The molecule has 0 aliphatic heterocycles. The van der Waals surface area contributed by atoms with E-state index in [0.717, 1.165) is 13.0 Å². The zero-order valence-electron chi connectivity index (χ0n) is 7.38. The molecule has 1 aliphatic carbocycles. The lowest BCUT2D eigenvalue weighted by Crippen LogP contribution is -2.15. The minimum atomic E-state index is 0.693. The molecule has 0 aromatic carbocycles. The lowest BCUT2D eigenvalue weighted by atomic mass is 10.0. The van der Waals surface area contributed by atoms with E-state index in [-0.39, 0.29) is 0 Å². The average Bonchev–Trinajstić information content (AvgIpc) is 2.50. The SMILES string of the molecule is CNCC1CCc2ncccc21. The van der Waals surface area contributed by atoms with Crippen molar-refractivity contribution in [3.63, 3.8) is 0 Å². The van der Waals surface area contributed by atoms with Crippen LogP contribution in [0, 0.1) is 0 Å². The van der Waals surface area contributed by atoms with Gasteiger partial charge in [0.2, 0.25) is 0 Å². The topological polar surface area (TPSA) is 24.9 Å². The highest BCUT2D eigenvalue weighted by atomic mass is 14.8. The monoisotopic (exact) mass is 162 g/mol. The summed E-state index contributed by atoms with van der Waals surface area (Å²) in [7, 11) is 2.01. The molecule has 1 unspecified atom stereocenters. The lowest BCUT2D eigenvalue weighted by molar-refractivity contribution is 0.623. The molecule has 1 atom stereocenters. The highest BCUT2D eigenvalue weighted by Gasteiger charge is 2.21. The predicted octanol–water partition coefficient (Wildman–Crippen LogP) is 1.33. The van der Waals surface area contributed by atoms with Crippen LogP contribution in [0.25, 0.3) is 0 Å². The van der Waals surface area contributed by atoms with Gasteiger partial charge in [-0.25, -0.2) is 0 Å². The zero-order valence-corrected chi connectivity index (χ0v) is 7.38. The second-order valence-corrected chi connectivity index (χ2v) is 3.33. The van der Waals surface area contributed by atoms with Crippen molar-refractivity contribution >= 4 is 0 Å². The van der Waals surface area contributed by atoms with Gasteiger partial charge in [-0.05, 0) is 37.4 Å². The van der Waals surface area contributed by atoms with Crippen LogP contribution >= 0.6 is 0 Å². The zero-order chi connectivity index (χ0) is 8.39. The average molecular weight is 162 g/mol. The second-order valence-electron chi connectivity index (χ2n) is 3.33. The van der Waals surface area contributed by atoms with Crippen molar-refractivity contribution in [2.75, 3.05) is 13.6 Å². The Bertz CT molecular complexity index is 268. The largest absolute Gasteiger partial charge is 0.319 e. The number of hydrogen-bond donors (Lipinski definition) is 1. The van der Waals surface area contributed by atoms with Gasteiger partial charge in [-0.2, -0.15) is 0 Å². The molecule has 1 aromatic rings. The first-order valence-corrected chi connectivity index (χ1v) is 4.50. The van der Waals surface area contributed by atoms with Crippen LogP contribution in [0.4, 0.5) is 0 Å². The summed E-state index contributed by atoms with van der Waals surface area (Å²) in [5.41, 5.74) is 2.75. The molecule has 12 heavy (non-hydrogen) atoms. The van der Waals surface area contributed by atoms with Crippen LogP contribution in [-0.2, 0) is 6.42 Å². The summed E-state index contributed by atoms with van der Waals surface area (Å²) in [4.78, 5) is 4.36. The minimum absolute atomic E-state index is 0.693. The van der Waals surface area contributed by atoms with Gasteiger partial charge in [-0.1, -0.05) is 6.07 Å². The van der Waals surface area contributed by atoms with Crippen molar-refractivity contribution in [1.29, 1.82) is 0 Å². The van der Waals surface area contributed by atoms with Crippen molar-refractivity contribution < 1.29 is 0 Å². The smallest absolute Gasteiger partial charge is 0.0439 e. The van der Waals surface area contributed by atoms with E-state index in [9.17, 15) is 0 Å². The van der Waals surface area contributed by atoms with Crippen molar-refractivity contribution in [3.8, 4) is 0 Å². The van der Waals surface area contributed by atoms with Gasteiger partial charge in [0, 0.05) is 18.4 Å². The van der Waals surface area contributed by atoms with E-state index in [4.69, 9.17) is 0 Å². The molecule has 0 saturated carbocycles. The summed E-state index contributed by atoms with van der Waals surface area (Å²) in [6.07, 6.45) is 4.30. The number of aromatic nitrogens is 1. The predicted molar refractivity (Wildman–Crippen MR) is 49.2 cm³/mol. The van der Waals surface area contributed by atoms with Crippen LogP contribution in [0.1, 0.15) is 23.6 Å². The first-order valence-electron chi connectivity index (χ1n) is 4.50. The molecular weight excluding hydrogens is 148 g/mol. The Morgan fingerprint density at radius 1 is 1.67 bits per heavy atom. The fourth-order valence-electron chi connectivity index (χ4n) is 1.96. The van der Waals surface area contributed by atoms with Crippen molar-refractivity contribution in [1.82, 2.24) is 10.3 Å². The third-order valence-corrected chi connectivity index (χ3v) is 2.55. The van der Waals surface area contributed by atoms with Crippen molar-refractivity contribution in [3.05, 3.63) is 29.6 Å². The quantitative estimate of drug-likeness (QED) is 0.709. The van der Waals surface area contributed by atoms with Crippen LogP contribution < -0.4 is 5.32 Å². The van der Waals surface area contributed by atoms with Crippen molar-refractivity contribution in [2.24, 2.45) is 0 Å². The van der Waals surface area contributed by atoms with E-state index >= 15 is 0 Å². The number of nitrogens with one attached hydrogen (secondary N) is 1. The van der Waals surface area contributed by atoms with Gasteiger partial charge in [0.15, 0.2) is 0 Å². The molecule has 0 saturated heterocycles. The highest BCUT2D eigenvalue weighted by Crippen LogP contribution is 2.30. The molecule has 0 radical (unpaired) electrons. The Morgan fingerprint density at radius 3 is 3.42 bits per heavy atom. The van der Waals surface area contributed by atoms with Gasteiger partial charge >= 0.3 is 0 Å². The second kappa shape index (κ2) is 3.23.